The van der Waals surface area contributed by atoms with Crippen LogP contribution in [0, 0.1) is 5.92 Å². The Labute approximate surface area is 230 Å². The van der Waals surface area contributed by atoms with Crippen LogP contribution in [0.4, 0.5) is 18.0 Å². The van der Waals surface area contributed by atoms with Gasteiger partial charge in [-0.2, -0.15) is 13.2 Å². The molecule has 3 amide bonds. The summed E-state index contributed by atoms with van der Waals surface area (Å²) in [5, 5.41) is 16.3. The summed E-state index contributed by atoms with van der Waals surface area (Å²) in [5.74, 6) is -1.76. The van der Waals surface area contributed by atoms with Gasteiger partial charge in [0.15, 0.2) is 0 Å². The SMILES string of the molecule is NC(=O)C[C@H](NC(=O)OC1CCOC1)C(=O)N[C@@H](Cc1ccccc1)[C@@H](O)CN1[C@H](C(F)(F)F)C[C@@H]2CCC[C@@H]21. The largest absolute Gasteiger partial charge is 0.444 e. The number of alkyl carbamates (subject to hydrolysis) is 1. The fraction of sp³-hybridized carbons (Fsp3) is 0.667. The first-order valence-corrected chi connectivity index (χ1v) is 13.7. The van der Waals surface area contributed by atoms with Gasteiger partial charge in [0.05, 0.1) is 31.8 Å². The highest BCUT2D eigenvalue weighted by Crippen LogP contribution is 2.46. The van der Waals surface area contributed by atoms with Crippen molar-refractivity contribution in [3.63, 3.8) is 0 Å². The summed E-state index contributed by atoms with van der Waals surface area (Å²) < 4.78 is 52.2. The monoisotopic (exact) mass is 570 g/mol. The van der Waals surface area contributed by atoms with Crippen LogP contribution < -0.4 is 16.4 Å². The Morgan fingerprint density at radius 3 is 2.55 bits per heavy atom. The molecule has 0 radical (unpaired) electrons. The van der Waals surface area contributed by atoms with Gasteiger partial charge in [-0.05, 0) is 37.2 Å². The molecule has 222 valence electrons. The summed E-state index contributed by atoms with van der Waals surface area (Å²) in [6.07, 6.45) is -5.01. The van der Waals surface area contributed by atoms with Gasteiger partial charge >= 0.3 is 12.3 Å². The van der Waals surface area contributed by atoms with Crippen LogP contribution >= 0.6 is 0 Å². The van der Waals surface area contributed by atoms with Crippen LogP contribution in [-0.4, -0.2) is 90.2 Å². The van der Waals surface area contributed by atoms with E-state index in [0.29, 0.717) is 19.4 Å². The van der Waals surface area contributed by atoms with Gasteiger partial charge in [0.2, 0.25) is 11.8 Å². The number of nitrogens with zero attached hydrogens (tertiary/aromatic N) is 1. The Morgan fingerprint density at radius 1 is 1.15 bits per heavy atom. The molecule has 0 bridgehead atoms. The van der Waals surface area contributed by atoms with Crippen LogP contribution in [0.15, 0.2) is 30.3 Å². The number of nitrogens with one attached hydrogen (secondary N) is 2. The van der Waals surface area contributed by atoms with Crippen LogP contribution in [0.5, 0.6) is 0 Å². The molecule has 2 saturated heterocycles. The zero-order valence-electron chi connectivity index (χ0n) is 22.1. The molecule has 3 aliphatic rings. The number of amides is 3. The molecule has 3 fully saturated rings. The molecule has 4 rings (SSSR count). The third-order valence-corrected chi connectivity index (χ3v) is 8.01. The summed E-state index contributed by atoms with van der Waals surface area (Å²) in [4.78, 5) is 38.7. The van der Waals surface area contributed by atoms with Crippen molar-refractivity contribution in [1.29, 1.82) is 0 Å². The van der Waals surface area contributed by atoms with Crippen LogP contribution in [0.2, 0.25) is 0 Å². The molecule has 1 unspecified atom stereocenters. The third-order valence-electron chi connectivity index (χ3n) is 8.01. The zero-order chi connectivity index (χ0) is 28.9. The first-order valence-electron chi connectivity index (χ1n) is 13.7. The second kappa shape index (κ2) is 13.2. The Bertz CT molecular complexity index is 1020. The van der Waals surface area contributed by atoms with E-state index in [1.165, 1.54) is 4.90 Å². The van der Waals surface area contributed by atoms with Crippen molar-refractivity contribution >= 4 is 17.9 Å². The lowest BCUT2D eigenvalue weighted by Crippen LogP contribution is -2.57. The summed E-state index contributed by atoms with van der Waals surface area (Å²) in [6, 6.07) is 4.50. The Kier molecular flexibility index (Phi) is 9.90. The van der Waals surface area contributed by atoms with Crippen LogP contribution in [0.3, 0.4) is 0 Å². The van der Waals surface area contributed by atoms with Crippen LogP contribution in [0.25, 0.3) is 0 Å². The number of carbonyl (C=O) groups excluding carboxylic acids is 3. The molecule has 10 nitrogen and oxygen atoms in total. The van der Waals surface area contributed by atoms with E-state index in [0.717, 1.165) is 18.4 Å². The molecular formula is C27H37F3N4O6. The minimum Gasteiger partial charge on any atom is -0.444 e. The Hall–Kier alpha value is -2.90. The van der Waals surface area contributed by atoms with E-state index < -0.39 is 60.8 Å². The predicted octanol–water partition coefficient (Wildman–Crippen LogP) is 1.64. The molecule has 7 atom stereocenters. The van der Waals surface area contributed by atoms with Gasteiger partial charge in [-0.3, -0.25) is 14.5 Å². The lowest BCUT2D eigenvalue weighted by molar-refractivity contribution is -0.182. The van der Waals surface area contributed by atoms with Gasteiger partial charge in [-0.25, -0.2) is 4.79 Å². The highest BCUT2D eigenvalue weighted by atomic mass is 19.4. The smallest absolute Gasteiger partial charge is 0.408 e. The molecule has 1 aromatic rings. The topological polar surface area (TPSA) is 143 Å². The maximum absolute atomic E-state index is 13.9. The van der Waals surface area contributed by atoms with Crippen molar-refractivity contribution < 1.29 is 42.1 Å². The number of halogens is 3. The summed E-state index contributed by atoms with van der Waals surface area (Å²) >= 11 is 0. The van der Waals surface area contributed by atoms with Crippen LogP contribution in [0.1, 0.15) is 44.1 Å². The molecule has 40 heavy (non-hydrogen) atoms. The second-order valence-corrected chi connectivity index (χ2v) is 10.9. The fourth-order valence-electron chi connectivity index (χ4n) is 6.09. The number of alkyl halides is 3. The Balaban J connectivity index is 1.49. The fourth-order valence-corrected chi connectivity index (χ4v) is 6.09. The number of hydrogen-bond acceptors (Lipinski definition) is 7. The molecule has 5 N–H and O–H groups in total. The zero-order valence-corrected chi connectivity index (χ0v) is 22.1. The van der Waals surface area contributed by atoms with Gasteiger partial charge in [0.1, 0.15) is 18.2 Å². The summed E-state index contributed by atoms with van der Waals surface area (Å²) in [5.41, 5.74) is 6.04. The molecule has 0 spiro atoms. The first kappa shape index (κ1) is 30.1. The number of ether oxygens (including phenoxy) is 2. The van der Waals surface area contributed by atoms with E-state index in [4.69, 9.17) is 15.2 Å². The highest BCUT2D eigenvalue weighted by molar-refractivity contribution is 5.90. The summed E-state index contributed by atoms with van der Waals surface area (Å²) in [7, 11) is 0. The second-order valence-electron chi connectivity index (χ2n) is 10.9. The number of hydrogen-bond donors (Lipinski definition) is 4. The van der Waals surface area contributed by atoms with Crippen molar-refractivity contribution in [1.82, 2.24) is 15.5 Å². The van der Waals surface area contributed by atoms with Crippen molar-refractivity contribution in [3.8, 4) is 0 Å². The maximum atomic E-state index is 13.9. The number of β-amino-alcohol motifs (C(OH)–C–C–N with tert-alkyl or cyclic N) is 1. The molecule has 1 aromatic carbocycles. The average molecular weight is 571 g/mol. The number of primary amides is 1. The minimum atomic E-state index is -4.44. The van der Waals surface area contributed by atoms with Crippen molar-refractivity contribution in [2.75, 3.05) is 19.8 Å². The molecule has 13 heteroatoms. The summed E-state index contributed by atoms with van der Waals surface area (Å²) in [6.45, 7) is 0.347. The standard InChI is InChI=1S/C27H37F3N4O6/c28-27(29,30)23-12-17-7-4-8-21(17)34(23)14-22(35)19(11-16-5-2-1-3-6-16)32-25(37)20(13-24(31)36)33-26(38)40-18-9-10-39-15-18/h1-3,5-6,17-23,35H,4,7-15H2,(H2,31,36)(H,32,37)(H,33,38)/t17-,18?,19-,20-,21-,22-,23-/m0/s1. The van der Waals surface area contributed by atoms with Crippen molar-refractivity contribution in [2.24, 2.45) is 11.7 Å². The lowest BCUT2D eigenvalue weighted by Gasteiger charge is -2.35. The number of aliphatic hydroxyl groups is 1. The van der Waals surface area contributed by atoms with Gasteiger partial charge in [0.25, 0.3) is 0 Å². The lowest BCUT2D eigenvalue weighted by atomic mass is 9.99. The van der Waals surface area contributed by atoms with E-state index in [1.54, 1.807) is 30.3 Å². The van der Waals surface area contributed by atoms with Crippen molar-refractivity contribution in [2.45, 2.75) is 87.5 Å². The van der Waals surface area contributed by atoms with E-state index in [2.05, 4.69) is 10.6 Å². The van der Waals surface area contributed by atoms with E-state index in [-0.39, 0.29) is 38.0 Å². The molecule has 0 aromatic heterocycles. The molecule has 1 aliphatic carbocycles. The molecule has 1 saturated carbocycles. The third kappa shape index (κ3) is 7.85. The number of aliphatic hydroxyl groups excluding tert-OH is 1. The minimum absolute atomic E-state index is 0.00461. The molecular weight excluding hydrogens is 533 g/mol. The first-order chi connectivity index (χ1) is 19.0. The van der Waals surface area contributed by atoms with E-state index in [1.807, 2.05) is 0 Å². The van der Waals surface area contributed by atoms with Gasteiger partial charge in [0, 0.05) is 19.0 Å². The molecule has 2 aliphatic heterocycles. The molecule has 2 heterocycles. The average Bonchev–Trinajstić information content (AvgIpc) is 3.62. The van der Waals surface area contributed by atoms with E-state index in [9.17, 15) is 32.7 Å². The number of nitrogens with two attached hydrogens (primary N) is 1. The van der Waals surface area contributed by atoms with Gasteiger partial charge in [-0.1, -0.05) is 36.8 Å². The predicted molar refractivity (Wildman–Crippen MR) is 137 cm³/mol. The van der Waals surface area contributed by atoms with Crippen molar-refractivity contribution in [3.05, 3.63) is 35.9 Å². The number of rotatable bonds is 11. The highest BCUT2D eigenvalue weighted by Gasteiger charge is 2.54. The van der Waals surface area contributed by atoms with E-state index >= 15 is 0 Å². The van der Waals surface area contributed by atoms with Crippen LogP contribution in [-0.2, 0) is 25.5 Å². The maximum Gasteiger partial charge on any atom is 0.408 e. The normalized spacial score (nSPS) is 27.0. The quantitative estimate of drug-likeness (QED) is 0.317. The number of fused-ring (bicyclic) bond motifs is 1. The Morgan fingerprint density at radius 2 is 1.90 bits per heavy atom. The number of likely N-dealkylation sites (tertiary alicyclic amines) is 1. The van der Waals surface area contributed by atoms with Gasteiger partial charge in [-0.15, -0.1) is 0 Å². The number of carbonyl (C=O) groups is 3. The number of benzene rings is 1. The van der Waals surface area contributed by atoms with Gasteiger partial charge < -0.3 is 30.9 Å².